The van der Waals surface area contributed by atoms with Gasteiger partial charge in [-0.1, -0.05) is 20.8 Å². The molecule has 1 aliphatic heterocycles. The van der Waals surface area contributed by atoms with Gasteiger partial charge in [0.25, 0.3) is 0 Å². The molecule has 0 spiro atoms. The van der Waals surface area contributed by atoms with Gasteiger partial charge in [0.1, 0.15) is 0 Å². The molecule has 1 fully saturated rings. The van der Waals surface area contributed by atoms with E-state index in [0.717, 1.165) is 26.1 Å². The summed E-state index contributed by atoms with van der Waals surface area (Å²) in [7, 11) is 2.07. The Bertz CT molecular complexity index is 229. The Labute approximate surface area is 120 Å². The van der Waals surface area contributed by atoms with E-state index in [9.17, 15) is 0 Å². The van der Waals surface area contributed by atoms with Gasteiger partial charge in [0, 0.05) is 26.2 Å². The molecule has 1 rings (SSSR count). The van der Waals surface area contributed by atoms with Crippen molar-refractivity contribution in [1.29, 1.82) is 0 Å². The zero-order valence-electron chi connectivity index (χ0n) is 13.5. The molecule has 1 N–H and O–H groups in total. The molecule has 19 heavy (non-hydrogen) atoms. The number of nitrogens with zero attached hydrogens (tertiary/aromatic N) is 1. The number of hydrogen-bond donors (Lipinski definition) is 1. The average Bonchev–Trinajstić information content (AvgIpc) is 2.45. The molecule has 1 unspecified atom stereocenters. The minimum atomic E-state index is 0.432. The minimum absolute atomic E-state index is 0.432. The van der Waals surface area contributed by atoms with E-state index in [4.69, 9.17) is 4.74 Å². The van der Waals surface area contributed by atoms with E-state index in [-0.39, 0.29) is 0 Å². The van der Waals surface area contributed by atoms with E-state index in [1.165, 1.54) is 38.8 Å². The Morgan fingerprint density at radius 2 is 2.00 bits per heavy atom. The number of hydrogen-bond acceptors (Lipinski definition) is 3. The Balaban J connectivity index is 2.49. The number of ether oxygens (including phenoxy) is 1. The Morgan fingerprint density at radius 1 is 1.26 bits per heavy atom. The highest BCUT2D eigenvalue weighted by Gasteiger charge is 2.30. The Morgan fingerprint density at radius 3 is 2.58 bits per heavy atom. The lowest BCUT2D eigenvalue weighted by molar-refractivity contribution is -0.0128. The molecule has 3 heteroatoms. The highest BCUT2D eigenvalue weighted by molar-refractivity contribution is 4.85. The third-order valence-electron chi connectivity index (χ3n) is 4.63. The van der Waals surface area contributed by atoms with Gasteiger partial charge in [0.05, 0.1) is 6.10 Å². The molecule has 1 saturated heterocycles. The van der Waals surface area contributed by atoms with Gasteiger partial charge in [-0.3, -0.25) is 0 Å². The summed E-state index contributed by atoms with van der Waals surface area (Å²) >= 11 is 0. The van der Waals surface area contributed by atoms with E-state index in [1.54, 1.807) is 0 Å². The first-order valence-electron chi connectivity index (χ1n) is 8.18. The fourth-order valence-corrected chi connectivity index (χ4v) is 3.21. The van der Waals surface area contributed by atoms with Crippen molar-refractivity contribution in [2.24, 2.45) is 5.41 Å². The normalized spacial score (nSPS) is 21.8. The number of nitrogens with one attached hydrogen (secondary N) is 1. The third kappa shape index (κ3) is 5.41. The summed E-state index contributed by atoms with van der Waals surface area (Å²) in [5.74, 6) is 0. The van der Waals surface area contributed by atoms with Crippen LogP contribution in [0.3, 0.4) is 0 Å². The molecule has 0 aliphatic carbocycles. The highest BCUT2D eigenvalue weighted by Crippen LogP contribution is 2.28. The molecule has 1 aliphatic rings. The summed E-state index contributed by atoms with van der Waals surface area (Å²) in [6, 6.07) is 0. The van der Waals surface area contributed by atoms with Gasteiger partial charge in [0.15, 0.2) is 0 Å². The molecule has 0 saturated carbocycles. The van der Waals surface area contributed by atoms with Gasteiger partial charge in [-0.2, -0.15) is 0 Å². The number of rotatable bonds is 9. The van der Waals surface area contributed by atoms with Gasteiger partial charge in [-0.25, -0.2) is 0 Å². The van der Waals surface area contributed by atoms with Crippen molar-refractivity contribution in [2.75, 3.05) is 39.8 Å². The van der Waals surface area contributed by atoms with Crippen molar-refractivity contribution in [1.82, 2.24) is 10.2 Å². The maximum absolute atomic E-state index is 5.95. The van der Waals surface area contributed by atoms with Crippen LogP contribution < -0.4 is 5.32 Å². The van der Waals surface area contributed by atoms with Crippen molar-refractivity contribution in [3.05, 3.63) is 0 Å². The van der Waals surface area contributed by atoms with Crippen molar-refractivity contribution < 1.29 is 4.74 Å². The summed E-state index contributed by atoms with van der Waals surface area (Å²) in [5, 5.41) is 3.39. The lowest BCUT2D eigenvalue weighted by atomic mass is 9.81. The van der Waals surface area contributed by atoms with Crippen LogP contribution in [0, 0.1) is 5.41 Å². The molecule has 1 heterocycles. The Kier molecular flexibility index (Phi) is 7.96. The zero-order chi connectivity index (χ0) is 14.1. The first kappa shape index (κ1) is 16.9. The van der Waals surface area contributed by atoms with Crippen LogP contribution in [0.1, 0.15) is 52.9 Å². The topological polar surface area (TPSA) is 24.5 Å². The monoisotopic (exact) mass is 270 g/mol. The van der Waals surface area contributed by atoms with E-state index >= 15 is 0 Å². The van der Waals surface area contributed by atoms with Crippen LogP contribution in [-0.2, 0) is 4.74 Å². The quantitative estimate of drug-likeness (QED) is 0.697. The first-order chi connectivity index (χ1) is 9.19. The van der Waals surface area contributed by atoms with Crippen LogP contribution in [0.25, 0.3) is 0 Å². The van der Waals surface area contributed by atoms with Crippen molar-refractivity contribution >= 4 is 0 Å². The molecule has 0 aromatic carbocycles. The zero-order valence-corrected chi connectivity index (χ0v) is 13.5. The summed E-state index contributed by atoms with van der Waals surface area (Å²) < 4.78 is 5.95. The summed E-state index contributed by atoms with van der Waals surface area (Å²) in [4.78, 5) is 2.63. The first-order valence-corrected chi connectivity index (χ1v) is 8.18. The van der Waals surface area contributed by atoms with Gasteiger partial charge >= 0.3 is 0 Å². The molecule has 0 amide bonds. The molecule has 3 nitrogen and oxygen atoms in total. The van der Waals surface area contributed by atoms with E-state index in [1.807, 2.05) is 0 Å². The molecule has 114 valence electrons. The fourth-order valence-electron chi connectivity index (χ4n) is 3.21. The number of likely N-dealkylation sites (tertiary alicyclic amines) is 1. The summed E-state index contributed by atoms with van der Waals surface area (Å²) in [5.41, 5.74) is 0.432. The van der Waals surface area contributed by atoms with Gasteiger partial charge < -0.3 is 15.0 Å². The highest BCUT2D eigenvalue weighted by atomic mass is 16.5. The predicted molar refractivity (Wildman–Crippen MR) is 82.6 cm³/mol. The van der Waals surface area contributed by atoms with Crippen LogP contribution in [0.2, 0.25) is 0 Å². The summed E-state index contributed by atoms with van der Waals surface area (Å²) in [6.45, 7) is 12.5. The van der Waals surface area contributed by atoms with Crippen molar-refractivity contribution in [3.63, 3.8) is 0 Å². The van der Waals surface area contributed by atoms with Crippen LogP contribution in [0.5, 0.6) is 0 Å². The molecular weight excluding hydrogens is 236 g/mol. The minimum Gasteiger partial charge on any atom is -0.377 e. The smallest absolute Gasteiger partial charge is 0.0702 e. The maximum Gasteiger partial charge on any atom is 0.0702 e. The Hall–Kier alpha value is -0.120. The molecular formula is C16H34N2O. The number of piperidine rings is 1. The second kappa shape index (κ2) is 8.93. The van der Waals surface area contributed by atoms with Gasteiger partial charge in [-0.15, -0.1) is 0 Å². The molecule has 0 bridgehead atoms. The standard InChI is InChI=1S/C16H34N2O/c1-5-11-19-15-9-8-10-18(12-15)14-16(6-2,7-3)13-17-4/h15,17H,5-14H2,1-4H3. The van der Waals surface area contributed by atoms with Crippen LogP contribution in [0.15, 0.2) is 0 Å². The van der Waals surface area contributed by atoms with Crippen LogP contribution in [-0.4, -0.2) is 50.8 Å². The van der Waals surface area contributed by atoms with E-state index < -0.39 is 0 Å². The molecule has 0 aromatic rings. The van der Waals surface area contributed by atoms with Gasteiger partial charge in [-0.05, 0) is 51.1 Å². The van der Waals surface area contributed by atoms with Crippen LogP contribution in [0.4, 0.5) is 0 Å². The summed E-state index contributed by atoms with van der Waals surface area (Å²) in [6.07, 6.45) is 6.63. The molecule has 0 aromatic heterocycles. The van der Waals surface area contributed by atoms with E-state index in [0.29, 0.717) is 11.5 Å². The maximum atomic E-state index is 5.95. The van der Waals surface area contributed by atoms with Gasteiger partial charge in [0.2, 0.25) is 0 Å². The predicted octanol–water partition coefficient (Wildman–Crippen LogP) is 2.90. The SMILES string of the molecule is CCCOC1CCCN(CC(CC)(CC)CNC)C1. The van der Waals surface area contributed by atoms with Crippen molar-refractivity contribution in [2.45, 2.75) is 59.0 Å². The molecule has 0 radical (unpaired) electrons. The lowest BCUT2D eigenvalue weighted by Crippen LogP contribution is -2.48. The third-order valence-corrected chi connectivity index (χ3v) is 4.63. The van der Waals surface area contributed by atoms with E-state index in [2.05, 4.69) is 38.0 Å². The lowest BCUT2D eigenvalue weighted by Gasteiger charge is -2.40. The second-order valence-corrected chi connectivity index (χ2v) is 6.11. The second-order valence-electron chi connectivity index (χ2n) is 6.11. The van der Waals surface area contributed by atoms with Crippen LogP contribution >= 0.6 is 0 Å². The van der Waals surface area contributed by atoms with Crippen molar-refractivity contribution in [3.8, 4) is 0 Å². The molecule has 1 atom stereocenters. The largest absolute Gasteiger partial charge is 0.377 e. The average molecular weight is 270 g/mol. The fraction of sp³-hybridized carbons (Fsp3) is 1.00.